The van der Waals surface area contributed by atoms with Crippen LogP contribution in [0.2, 0.25) is 0 Å². The summed E-state index contributed by atoms with van der Waals surface area (Å²) in [5.41, 5.74) is 1.53. The summed E-state index contributed by atoms with van der Waals surface area (Å²) in [6.07, 6.45) is 0. The molecule has 0 heterocycles. The van der Waals surface area contributed by atoms with Gasteiger partial charge in [-0.1, -0.05) is 12.1 Å². The molecule has 0 spiro atoms. The van der Waals surface area contributed by atoms with E-state index in [2.05, 4.69) is 5.32 Å². The van der Waals surface area contributed by atoms with Crippen LogP contribution in [0.3, 0.4) is 0 Å². The standard InChI is InChI=1S/C17H17NO3/c1-3-21-14-10-8-13(9-11-14)17(20)18-16-7-5-4-6-15(16)12(2)19/h4-11H,3H2,1-2H3,(H,18,20). The first-order chi connectivity index (χ1) is 10.1. The molecule has 0 bridgehead atoms. The van der Waals surface area contributed by atoms with Gasteiger partial charge in [-0.15, -0.1) is 0 Å². The molecule has 108 valence electrons. The van der Waals surface area contributed by atoms with Crippen molar-refractivity contribution in [1.29, 1.82) is 0 Å². The minimum Gasteiger partial charge on any atom is -0.494 e. The van der Waals surface area contributed by atoms with Crippen LogP contribution in [-0.4, -0.2) is 18.3 Å². The minimum atomic E-state index is -0.258. The van der Waals surface area contributed by atoms with Gasteiger partial charge in [0.15, 0.2) is 5.78 Å². The minimum absolute atomic E-state index is 0.0856. The molecule has 0 unspecified atom stereocenters. The van der Waals surface area contributed by atoms with Crippen molar-refractivity contribution < 1.29 is 14.3 Å². The normalized spacial score (nSPS) is 10.0. The zero-order chi connectivity index (χ0) is 15.2. The molecule has 2 rings (SSSR count). The van der Waals surface area contributed by atoms with Crippen LogP contribution >= 0.6 is 0 Å². The number of amides is 1. The Morgan fingerprint density at radius 2 is 1.71 bits per heavy atom. The molecule has 0 aliphatic heterocycles. The third-order valence-corrected chi connectivity index (χ3v) is 2.98. The van der Waals surface area contributed by atoms with E-state index in [1.807, 2.05) is 6.92 Å². The number of carbonyl (C=O) groups excluding carboxylic acids is 2. The van der Waals surface area contributed by atoms with Gasteiger partial charge in [-0.25, -0.2) is 0 Å². The molecule has 0 aromatic heterocycles. The summed E-state index contributed by atoms with van der Waals surface area (Å²) in [6, 6.07) is 13.8. The Bertz CT molecular complexity index is 647. The van der Waals surface area contributed by atoms with Gasteiger partial charge in [-0.2, -0.15) is 0 Å². The van der Waals surface area contributed by atoms with E-state index in [1.54, 1.807) is 48.5 Å². The Kier molecular flexibility index (Phi) is 4.72. The fraction of sp³-hybridized carbons (Fsp3) is 0.176. The number of rotatable bonds is 5. The maximum absolute atomic E-state index is 12.2. The van der Waals surface area contributed by atoms with E-state index in [-0.39, 0.29) is 11.7 Å². The maximum atomic E-state index is 12.2. The van der Waals surface area contributed by atoms with Crippen LogP contribution in [-0.2, 0) is 0 Å². The smallest absolute Gasteiger partial charge is 0.255 e. The number of hydrogen-bond acceptors (Lipinski definition) is 3. The molecule has 1 amide bonds. The van der Waals surface area contributed by atoms with Gasteiger partial charge in [-0.05, 0) is 50.2 Å². The predicted octanol–water partition coefficient (Wildman–Crippen LogP) is 3.54. The second-order valence-electron chi connectivity index (χ2n) is 4.51. The third kappa shape index (κ3) is 3.69. The van der Waals surface area contributed by atoms with Crippen molar-refractivity contribution in [3.8, 4) is 5.75 Å². The number of para-hydroxylation sites is 1. The lowest BCUT2D eigenvalue weighted by Gasteiger charge is -2.09. The van der Waals surface area contributed by atoms with Crippen LogP contribution in [0.25, 0.3) is 0 Å². The highest BCUT2D eigenvalue weighted by atomic mass is 16.5. The highest BCUT2D eigenvalue weighted by Gasteiger charge is 2.11. The SMILES string of the molecule is CCOc1ccc(C(=O)Nc2ccccc2C(C)=O)cc1. The van der Waals surface area contributed by atoms with Gasteiger partial charge in [0.2, 0.25) is 0 Å². The molecule has 1 N–H and O–H groups in total. The molecule has 2 aromatic carbocycles. The van der Waals surface area contributed by atoms with E-state index in [4.69, 9.17) is 4.74 Å². The van der Waals surface area contributed by atoms with E-state index < -0.39 is 0 Å². The first-order valence-electron chi connectivity index (χ1n) is 6.76. The van der Waals surface area contributed by atoms with Crippen LogP contribution in [0.5, 0.6) is 5.75 Å². The van der Waals surface area contributed by atoms with Gasteiger partial charge in [0.25, 0.3) is 5.91 Å². The van der Waals surface area contributed by atoms with Crippen LogP contribution in [0, 0.1) is 0 Å². The average molecular weight is 283 g/mol. The number of ether oxygens (including phenoxy) is 1. The Hall–Kier alpha value is -2.62. The van der Waals surface area contributed by atoms with E-state index in [1.165, 1.54) is 6.92 Å². The lowest BCUT2D eigenvalue weighted by Crippen LogP contribution is -2.14. The first-order valence-corrected chi connectivity index (χ1v) is 6.76. The number of Topliss-reactive ketones (excluding diaryl/α,β-unsaturated/α-hetero) is 1. The Morgan fingerprint density at radius 3 is 2.33 bits per heavy atom. The lowest BCUT2D eigenvalue weighted by molar-refractivity contribution is 0.101. The first kappa shape index (κ1) is 14.8. The number of nitrogens with one attached hydrogen (secondary N) is 1. The number of ketones is 1. The second-order valence-corrected chi connectivity index (χ2v) is 4.51. The largest absolute Gasteiger partial charge is 0.494 e. The summed E-state index contributed by atoms with van der Waals surface area (Å²) in [5.74, 6) is 0.377. The summed E-state index contributed by atoms with van der Waals surface area (Å²) >= 11 is 0. The number of anilines is 1. The monoisotopic (exact) mass is 283 g/mol. The highest BCUT2D eigenvalue weighted by Crippen LogP contribution is 2.18. The second kappa shape index (κ2) is 6.70. The summed E-state index contributed by atoms with van der Waals surface area (Å²) in [7, 11) is 0. The maximum Gasteiger partial charge on any atom is 0.255 e. The molecule has 0 aliphatic carbocycles. The predicted molar refractivity (Wildman–Crippen MR) is 82.0 cm³/mol. The quantitative estimate of drug-likeness (QED) is 0.854. The van der Waals surface area contributed by atoms with Gasteiger partial charge in [0, 0.05) is 11.1 Å². The van der Waals surface area contributed by atoms with Gasteiger partial charge >= 0.3 is 0 Å². The van der Waals surface area contributed by atoms with Crippen LogP contribution in [0.4, 0.5) is 5.69 Å². The zero-order valence-corrected chi connectivity index (χ0v) is 12.1. The van der Waals surface area contributed by atoms with Crippen molar-refractivity contribution in [2.24, 2.45) is 0 Å². The van der Waals surface area contributed by atoms with Gasteiger partial charge in [0.05, 0.1) is 12.3 Å². The van der Waals surface area contributed by atoms with E-state index in [0.717, 1.165) is 5.75 Å². The molecule has 21 heavy (non-hydrogen) atoms. The van der Waals surface area contributed by atoms with Crippen LogP contribution in [0.1, 0.15) is 34.6 Å². The molecule has 0 atom stereocenters. The Morgan fingerprint density at radius 1 is 1.05 bits per heavy atom. The van der Waals surface area contributed by atoms with E-state index >= 15 is 0 Å². The number of hydrogen-bond donors (Lipinski definition) is 1. The average Bonchev–Trinajstić information content (AvgIpc) is 2.48. The van der Waals surface area contributed by atoms with Crippen molar-refractivity contribution >= 4 is 17.4 Å². The number of carbonyl (C=O) groups is 2. The summed E-state index contributed by atoms with van der Waals surface area (Å²) in [4.78, 5) is 23.7. The van der Waals surface area contributed by atoms with Crippen LogP contribution < -0.4 is 10.1 Å². The van der Waals surface area contributed by atoms with Crippen molar-refractivity contribution in [3.63, 3.8) is 0 Å². The molecule has 2 aromatic rings. The Labute approximate surface area is 123 Å². The molecule has 0 saturated heterocycles. The zero-order valence-electron chi connectivity index (χ0n) is 12.1. The van der Waals surface area contributed by atoms with Gasteiger partial charge in [-0.3, -0.25) is 9.59 Å². The fourth-order valence-corrected chi connectivity index (χ4v) is 1.96. The Balaban J connectivity index is 2.16. The molecule has 0 aliphatic rings. The highest BCUT2D eigenvalue weighted by molar-refractivity contribution is 6.09. The van der Waals surface area contributed by atoms with Crippen molar-refractivity contribution in [2.75, 3.05) is 11.9 Å². The van der Waals surface area contributed by atoms with Gasteiger partial charge in [0.1, 0.15) is 5.75 Å². The number of benzene rings is 2. The fourth-order valence-electron chi connectivity index (χ4n) is 1.96. The topological polar surface area (TPSA) is 55.4 Å². The molecule has 0 saturated carbocycles. The molecule has 0 radical (unpaired) electrons. The molecule has 4 heteroatoms. The van der Waals surface area contributed by atoms with E-state index in [0.29, 0.717) is 23.4 Å². The van der Waals surface area contributed by atoms with Crippen molar-refractivity contribution in [1.82, 2.24) is 0 Å². The molecule has 4 nitrogen and oxygen atoms in total. The van der Waals surface area contributed by atoms with Crippen molar-refractivity contribution in [2.45, 2.75) is 13.8 Å². The molecular formula is C17H17NO3. The molecule has 0 fully saturated rings. The molecular weight excluding hydrogens is 266 g/mol. The van der Waals surface area contributed by atoms with E-state index in [9.17, 15) is 9.59 Å². The summed E-state index contributed by atoms with van der Waals surface area (Å²) in [6.45, 7) is 3.96. The van der Waals surface area contributed by atoms with Crippen LogP contribution in [0.15, 0.2) is 48.5 Å². The van der Waals surface area contributed by atoms with Gasteiger partial charge < -0.3 is 10.1 Å². The lowest BCUT2D eigenvalue weighted by atomic mass is 10.1. The summed E-state index contributed by atoms with van der Waals surface area (Å²) in [5, 5.41) is 2.76. The third-order valence-electron chi connectivity index (χ3n) is 2.98. The van der Waals surface area contributed by atoms with Crippen molar-refractivity contribution in [3.05, 3.63) is 59.7 Å². The summed E-state index contributed by atoms with van der Waals surface area (Å²) < 4.78 is 5.33.